The first kappa shape index (κ1) is 9.15. The van der Waals surface area contributed by atoms with E-state index in [9.17, 15) is 0 Å². The molecule has 1 rings (SSSR count). The molecule has 1 aromatic rings. The Labute approximate surface area is 81.2 Å². The van der Waals surface area contributed by atoms with Crippen LogP contribution in [0.25, 0.3) is 0 Å². The molecule has 0 atom stereocenters. The molecule has 0 radical (unpaired) electrons. The molecule has 0 heterocycles. The Hall–Kier alpha value is 0.0590. The Balaban J connectivity index is 3.06. The quantitative estimate of drug-likeness (QED) is 0.766. The second kappa shape index (κ2) is 4.18. The molecule has 1 aromatic carbocycles. The maximum absolute atomic E-state index is 9.17. The van der Waals surface area contributed by atoms with Crippen molar-refractivity contribution in [3.8, 4) is 5.75 Å². The predicted molar refractivity (Wildman–Crippen MR) is 50.2 cm³/mol. The molecule has 1 N–H and O–H groups in total. The van der Waals surface area contributed by atoms with E-state index in [4.69, 9.17) is 5.11 Å². The number of hydrogen-bond donors (Lipinski definition) is 1. The van der Waals surface area contributed by atoms with Crippen molar-refractivity contribution in [1.82, 2.24) is 0 Å². The number of phenols is 1. The van der Waals surface area contributed by atoms with Crippen molar-refractivity contribution in [3.63, 3.8) is 0 Å². The molecule has 0 unspecified atom stereocenters. The Bertz CT molecular complexity index is 248. The van der Waals surface area contributed by atoms with Crippen molar-refractivity contribution in [3.05, 3.63) is 23.8 Å². The average Bonchev–Trinajstić information content (AvgIpc) is 2.04. The van der Waals surface area contributed by atoms with E-state index in [1.807, 2.05) is 12.1 Å². The summed E-state index contributed by atoms with van der Waals surface area (Å²) in [4.78, 5) is 0. The molecule has 0 fully saturated rings. The number of phenolic OH excluding ortho intramolecular Hbond substituents is 1. The maximum atomic E-state index is 9.17. The minimum absolute atomic E-state index is 0.383. The Morgan fingerprint density at radius 1 is 1.55 bits per heavy atom. The van der Waals surface area contributed by atoms with Crippen LogP contribution < -0.4 is 4.46 Å². The Morgan fingerprint density at radius 3 is 2.82 bits per heavy atom. The molecule has 3 heteroatoms. The predicted octanol–water partition coefficient (Wildman–Crippen LogP) is 0.171. The molecule has 0 aromatic heterocycles. The van der Waals surface area contributed by atoms with Gasteiger partial charge in [0.05, 0.1) is 0 Å². The van der Waals surface area contributed by atoms with Crippen LogP contribution >= 0.6 is 0 Å². The van der Waals surface area contributed by atoms with E-state index < -0.39 is 0 Å². The minimum atomic E-state index is 0.383. The first-order valence-electron chi connectivity index (χ1n) is 3.24. The van der Waals surface area contributed by atoms with Gasteiger partial charge in [0.25, 0.3) is 0 Å². The molecule has 11 heavy (non-hydrogen) atoms. The van der Waals surface area contributed by atoms with Gasteiger partial charge in [-0.3, -0.25) is 0 Å². The third kappa shape index (κ3) is 2.24. The molecule has 0 saturated carbocycles. The Kier molecular flexibility index (Phi) is 3.47. The van der Waals surface area contributed by atoms with E-state index in [0.717, 1.165) is 5.32 Å². The topological polar surface area (TPSA) is 20.2 Å². The number of rotatable bonds is 2. The zero-order valence-electron chi connectivity index (χ0n) is 6.24. The molecule has 1 nitrogen and oxygen atoms in total. The molecule has 0 saturated heterocycles. The number of benzene rings is 1. The van der Waals surface area contributed by atoms with Gasteiger partial charge in [-0.05, 0) is 0 Å². The summed E-state index contributed by atoms with van der Waals surface area (Å²) in [5.41, 5.74) is 1.34. The summed E-state index contributed by atoms with van der Waals surface area (Å²) in [5.74, 6) is 2.54. The van der Waals surface area contributed by atoms with Crippen LogP contribution in [0.3, 0.4) is 0 Å². The van der Waals surface area contributed by atoms with E-state index >= 15 is 0 Å². The third-order valence-corrected chi connectivity index (χ3v) is 3.88. The van der Waals surface area contributed by atoms with Crippen molar-refractivity contribution in [2.75, 3.05) is 0 Å². The molecule has 0 aliphatic carbocycles. The monoisotopic (exact) mass is 282 g/mol. The fourth-order valence-corrected chi connectivity index (χ4v) is 3.31. The summed E-state index contributed by atoms with van der Waals surface area (Å²) in [7, 11) is 0. The fourth-order valence-electron chi connectivity index (χ4n) is 0.864. The van der Waals surface area contributed by atoms with Gasteiger partial charge in [-0.2, -0.15) is 0 Å². The Morgan fingerprint density at radius 2 is 2.27 bits per heavy atom. The average molecular weight is 280 g/mol. The fraction of sp³-hybridized carbons (Fsp3) is 0.250. The summed E-state index contributed by atoms with van der Waals surface area (Å²) in [6.07, 6.45) is 0. The summed E-state index contributed by atoms with van der Waals surface area (Å²) in [6.45, 7) is 0. The van der Waals surface area contributed by atoms with Gasteiger partial charge in [0.15, 0.2) is 0 Å². The second-order valence-corrected chi connectivity index (χ2v) is 4.60. The van der Waals surface area contributed by atoms with Crippen LogP contribution in [-0.2, 0) is 5.32 Å². The van der Waals surface area contributed by atoms with Crippen molar-refractivity contribution in [2.24, 2.45) is 0 Å². The normalized spacial score (nSPS) is 10.0. The standard InChI is InChI=1S/C8H10OSe2/c1-11-8-4-7(9)3-2-6(8)5-10/h2-4,9-10H,5H2,1H3. The van der Waals surface area contributed by atoms with Gasteiger partial charge in [0.1, 0.15) is 0 Å². The van der Waals surface area contributed by atoms with Gasteiger partial charge >= 0.3 is 81.2 Å². The summed E-state index contributed by atoms with van der Waals surface area (Å²) >= 11 is 3.04. The summed E-state index contributed by atoms with van der Waals surface area (Å²) < 4.78 is 1.30. The van der Waals surface area contributed by atoms with Gasteiger partial charge in [-0.15, -0.1) is 0 Å². The molecule has 0 amide bonds. The van der Waals surface area contributed by atoms with Crippen molar-refractivity contribution in [2.45, 2.75) is 11.1 Å². The van der Waals surface area contributed by atoms with Crippen molar-refractivity contribution >= 4 is 35.4 Å². The molecular formula is C8H10OSe2. The van der Waals surface area contributed by atoms with Crippen LogP contribution in [0.4, 0.5) is 0 Å². The first-order chi connectivity index (χ1) is 5.27. The zero-order valence-corrected chi connectivity index (χ0v) is 9.83. The van der Waals surface area contributed by atoms with Gasteiger partial charge in [-0.25, -0.2) is 0 Å². The SMILES string of the molecule is C[Se]c1cc(O)ccc1C[SeH]. The van der Waals surface area contributed by atoms with Crippen LogP contribution in [0.2, 0.25) is 5.82 Å². The second-order valence-electron chi connectivity index (χ2n) is 2.15. The van der Waals surface area contributed by atoms with Crippen LogP contribution in [0, 0.1) is 0 Å². The molecule has 0 aliphatic heterocycles. The third-order valence-electron chi connectivity index (χ3n) is 1.44. The van der Waals surface area contributed by atoms with E-state index in [-0.39, 0.29) is 0 Å². The van der Waals surface area contributed by atoms with Gasteiger partial charge < -0.3 is 0 Å². The first-order valence-corrected chi connectivity index (χ1v) is 7.14. The van der Waals surface area contributed by atoms with Gasteiger partial charge in [0.2, 0.25) is 0 Å². The molecule has 0 bridgehead atoms. The van der Waals surface area contributed by atoms with E-state index in [1.54, 1.807) is 6.07 Å². The van der Waals surface area contributed by atoms with Gasteiger partial charge in [0, 0.05) is 0 Å². The zero-order chi connectivity index (χ0) is 8.27. The van der Waals surface area contributed by atoms with Crippen LogP contribution in [-0.4, -0.2) is 36.1 Å². The molecular weight excluding hydrogens is 270 g/mol. The van der Waals surface area contributed by atoms with Crippen LogP contribution in [0.1, 0.15) is 5.56 Å². The molecule has 60 valence electrons. The van der Waals surface area contributed by atoms with Crippen LogP contribution in [0.15, 0.2) is 18.2 Å². The van der Waals surface area contributed by atoms with E-state index in [0.29, 0.717) is 20.7 Å². The summed E-state index contributed by atoms with van der Waals surface area (Å²) in [5, 5.41) is 10.2. The van der Waals surface area contributed by atoms with Crippen LogP contribution in [0.5, 0.6) is 5.75 Å². The van der Waals surface area contributed by atoms with Crippen molar-refractivity contribution < 1.29 is 5.11 Å². The summed E-state index contributed by atoms with van der Waals surface area (Å²) in [6, 6.07) is 5.61. The van der Waals surface area contributed by atoms with E-state index in [2.05, 4.69) is 21.8 Å². The molecule has 0 spiro atoms. The van der Waals surface area contributed by atoms with E-state index in [1.165, 1.54) is 10.0 Å². The molecule has 0 aliphatic rings. The number of hydrogen-bond acceptors (Lipinski definition) is 1. The van der Waals surface area contributed by atoms with Gasteiger partial charge in [-0.1, -0.05) is 0 Å². The van der Waals surface area contributed by atoms with Crippen molar-refractivity contribution in [1.29, 1.82) is 0 Å². The number of aromatic hydroxyl groups is 1.